The van der Waals surface area contributed by atoms with Crippen LogP contribution in [-0.4, -0.2) is 15.7 Å². The van der Waals surface area contributed by atoms with Gasteiger partial charge < -0.3 is 0 Å². The maximum Gasteiger partial charge on any atom is 0.0927 e. The van der Waals surface area contributed by atoms with Gasteiger partial charge in [-0.05, 0) is 40.9 Å². The van der Waals surface area contributed by atoms with Gasteiger partial charge in [-0.2, -0.15) is 4.36 Å². The zero-order valence-corrected chi connectivity index (χ0v) is 11.2. The van der Waals surface area contributed by atoms with Crippen molar-refractivity contribution in [2.45, 2.75) is 12.8 Å². The molecule has 5 heteroatoms. The van der Waals surface area contributed by atoms with Crippen LogP contribution >= 0.6 is 27.5 Å². The minimum absolute atomic E-state index is 0.548. The Bertz CT molecular complexity index is 482. The average Bonchev–Trinajstić information content (AvgIpc) is 2.60. The van der Waals surface area contributed by atoms with Gasteiger partial charge in [0.2, 0.25) is 0 Å². The van der Waals surface area contributed by atoms with Gasteiger partial charge in [0, 0.05) is 16.0 Å². The molecule has 1 aliphatic heterocycles. The van der Waals surface area contributed by atoms with Gasteiger partial charge in [-0.3, -0.25) is 0 Å². The number of rotatable bonds is 1. The smallest absolute Gasteiger partial charge is 0.0927 e. The first-order chi connectivity index (χ1) is 7.11. The molecule has 0 atom stereocenters. The van der Waals surface area contributed by atoms with E-state index in [9.17, 15) is 4.21 Å². The van der Waals surface area contributed by atoms with E-state index in [0.29, 0.717) is 22.2 Å². The first kappa shape index (κ1) is 11.4. The van der Waals surface area contributed by atoms with Crippen LogP contribution in [0.1, 0.15) is 12.8 Å². The van der Waals surface area contributed by atoms with E-state index in [1.807, 2.05) is 12.1 Å². The molecule has 1 aromatic rings. The van der Waals surface area contributed by atoms with Gasteiger partial charge in [0.1, 0.15) is 0 Å². The van der Waals surface area contributed by atoms with Crippen LogP contribution in [0.5, 0.6) is 0 Å². The summed E-state index contributed by atoms with van der Waals surface area (Å²) < 4.78 is 17.3. The Balaban J connectivity index is 2.47. The van der Waals surface area contributed by atoms with Crippen LogP contribution in [0.15, 0.2) is 27.0 Å². The SMILES string of the molecule is O=S1(=Nc2cccc(Br)c2Cl)CCCC1. The molecule has 2 nitrogen and oxygen atoms in total. The Kier molecular flexibility index (Phi) is 3.38. The molecular weight excluding hydrogens is 298 g/mol. The van der Waals surface area contributed by atoms with Crippen LogP contribution in [0.3, 0.4) is 0 Å². The highest BCUT2D eigenvalue weighted by Gasteiger charge is 2.17. The lowest BCUT2D eigenvalue weighted by Crippen LogP contribution is -1.99. The Hall–Kier alpha value is -0.0600. The van der Waals surface area contributed by atoms with Crippen LogP contribution in [0, 0.1) is 0 Å². The number of nitrogens with zero attached hydrogens (tertiary/aromatic N) is 1. The first-order valence-corrected chi connectivity index (χ1v) is 7.80. The molecule has 1 aromatic carbocycles. The molecule has 0 saturated carbocycles. The van der Waals surface area contributed by atoms with Gasteiger partial charge in [-0.1, -0.05) is 17.7 Å². The molecule has 0 spiro atoms. The molecule has 0 aromatic heterocycles. The summed E-state index contributed by atoms with van der Waals surface area (Å²) in [6, 6.07) is 5.51. The van der Waals surface area contributed by atoms with Crippen LogP contribution in [0.2, 0.25) is 5.02 Å². The van der Waals surface area contributed by atoms with Crippen molar-refractivity contribution < 1.29 is 4.21 Å². The molecule has 2 rings (SSSR count). The Morgan fingerprint density at radius 3 is 2.67 bits per heavy atom. The highest BCUT2D eigenvalue weighted by molar-refractivity contribution is 9.10. The van der Waals surface area contributed by atoms with Crippen molar-refractivity contribution in [1.29, 1.82) is 0 Å². The Labute approximate surface area is 103 Å². The number of hydrogen-bond acceptors (Lipinski definition) is 2. The Morgan fingerprint density at radius 2 is 2.00 bits per heavy atom. The fourth-order valence-electron chi connectivity index (χ4n) is 1.59. The molecule has 0 aliphatic carbocycles. The molecule has 0 N–H and O–H groups in total. The second kappa shape index (κ2) is 4.44. The standard InChI is InChI=1S/C10H11BrClNOS/c11-8-4-3-5-9(10(8)12)13-15(14)6-1-2-7-15/h3-5H,1-2,6-7H2. The quantitative estimate of drug-likeness (QED) is 0.771. The summed E-state index contributed by atoms with van der Waals surface area (Å²) in [6.45, 7) is 0. The van der Waals surface area contributed by atoms with Gasteiger partial charge in [-0.25, -0.2) is 4.21 Å². The third kappa shape index (κ3) is 2.55. The lowest BCUT2D eigenvalue weighted by atomic mass is 10.3. The highest BCUT2D eigenvalue weighted by atomic mass is 79.9. The first-order valence-electron chi connectivity index (χ1n) is 4.77. The highest BCUT2D eigenvalue weighted by Crippen LogP contribution is 2.33. The molecule has 1 saturated heterocycles. The second-order valence-corrected chi connectivity index (χ2v) is 7.33. The molecule has 1 heterocycles. The molecular formula is C10H11BrClNOS. The minimum atomic E-state index is -2.03. The van der Waals surface area contributed by atoms with E-state index in [2.05, 4.69) is 20.3 Å². The Morgan fingerprint density at radius 1 is 1.33 bits per heavy atom. The zero-order valence-electron chi connectivity index (χ0n) is 8.08. The summed E-state index contributed by atoms with van der Waals surface area (Å²) >= 11 is 9.40. The fourth-order valence-corrected chi connectivity index (χ4v) is 4.37. The number of benzene rings is 1. The summed E-state index contributed by atoms with van der Waals surface area (Å²) in [4.78, 5) is 0. The summed E-state index contributed by atoms with van der Waals surface area (Å²) in [5, 5.41) is 0.548. The minimum Gasteiger partial charge on any atom is -0.249 e. The molecule has 1 fully saturated rings. The normalized spacial score (nSPS) is 19.1. The van der Waals surface area contributed by atoms with Crippen molar-refractivity contribution in [3.8, 4) is 0 Å². The van der Waals surface area contributed by atoms with Crippen LogP contribution in [0.25, 0.3) is 0 Å². The van der Waals surface area contributed by atoms with Gasteiger partial charge >= 0.3 is 0 Å². The van der Waals surface area contributed by atoms with Crippen molar-refractivity contribution >= 4 is 42.9 Å². The molecule has 82 valence electrons. The van der Waals surface area contributed by atoms with E-state index in [-0.39, 0.29) is 0 Å². The third-order valence-electron chi connectivity index (χ3n) is 2.37. The lowest BCUT2D eigenvalue weighted by molar-refractivity contribution is 0.681. The maximum atomic E-state index is 12.2. The fraction of sp³-hybridized carbons (Fsp3) is 0.400. The topological polar surface area (TPSA) is 29.4 Å². The van der Waals surface area contributed by atoms with Gasteiger partial charge in [0.15, 0.2) is 0 Å². The zero-order chi connectivity index (χ0) is 10.9. The summed E-state index contributed by atoms with van der Waals surface area (Å²) in [5.74, 6) is 1.41. The summed E-state index contributed by atoms with van der Waals surface area (Å²) in [5.41, 5.74) is 0.637. The number of halogens is 2. The van der Waals surface area contributed by atoms with E-state index in [0.717, 1.165) is 17.3 Å². The molecule has 15 heavy (non-hydrogen) atoms. The molecule has 1 aliphatic rings. The predicted molar refractivity (Wildman–Crippen MR) is 68.4 cm³/mol. The van der Waals surface area contributed by atoms with Gasteiger partial charge in [0.05, 0.1) is 20.4 Å². The van der Waals surface area contributed by atoms with Crippen LogP contribution in [-0.2, 0) is 9.73 Å². The van der Waals surface area contributed by atoms with Crippen LogP contribution in [0.4, 0.5) is 5.69 Å². The van der Waals surface area contributed by atoms with Crippen molar-refractivity contribution in [2.75, 3.05) is 11.5 Å². The average molecular weight is 309 g/mol. The summed E-state index contributed by atoms with van der Waals surface area (Å²) in [6.07, 6.45) is 2.02. The molecule has 0 amide bonds. The van der Waals surface area contributed by atoms with E-state index in [1.54, 1.807) is 6.07 Å². The number of hydrogen-bond donors (Lipinski definition) is 0. The lowest BCUT2D eigenvalue weighted by Gasteiger charge is -2.03. The largest absolute Gasteiger partial charge is 0.249 e. The van der Waals surface area contributed by atoms with E-state index < -0.39 is 9.73 Å². The monoisotopic (exact) mass is 307 g/mol. The van der Waals surface area contributed by atoms with E-state index in [1.165, 1.54) is 0 Å². The molecule has 0 unspecified atom stereocenters. The second-order valence-electron chi connectivity index (χ2n) is 3.55. The third-order valence-corrected chi connectivity index (χ3v) is 6.04. The van der Waals surface area contributed by atoms with Crippen molar-refractivity contribution in [2.24, 2.45) is 4.36 Å². The van der Waals surface area contributed by atoms with Gasteiger partial charge in [0.25, 0.3) is 0 Å². The van der Waals surface area contributed by atoms with Crippen molar-refractivity contribution in [1.82, 2.24) is 0 Å². The molecule has 0 radical (unpaired) electrons. The predicted octanol–water partition coefficient (Wildman–Crippen LogP) is 4.00. The maximum absolute atomic E-state index is 12.2. The van der Waals surface area contributed by atoms with Crippen molar-refractivity contribution in [3.05, 3.63) is 27.7 Å². The van der Waals surface area contributed by atoms with Gasteiger partial charge in [-0.15, -0.1) is 0 Å². The van der Waals surface area contributed by atoms with E-state index in [4.69, 9.17) is 11.6 Å². The van der Waals surface area contributed by atoms with Crippen molar-refractivity contribution in [3.63, 3.8) is 0 Å². The summed E-state index contributed by atoms with van der Waals surface area (Å²) in [7, 11) is -2.03. The molecule has 0 bridgehead atoms. The van der Waals surface area contributed by atoms with E-state index >= 15 is 0 Å². The van der Waals surface area contributed by atoms with Crippen LogP contribution < -0.4 is 0 Å².